The van der Waals surface area contributed by atoms with Gasteiger partial charge in [-0.15, -0.1) is 22.7 Å². The van der Waals surface area contributed by atoms with Gasteiger partial charge in [-0.05, 0) is 37.4 Å². The third kappa shape index (κ3) is 3.08. The lowest BCUT2D eigenvalue weighted by Gasteiger charge is -2.05. The van der Waals surface area contributed by atoms with Crippen LogP contribution in [0, 0.1) is 0 Å². The summed E-state index contributed by atoms with van der Waals surface area (Å²) in [7, 11) is 0. The Bertz CT molecular complexity index is 844. The molecule has 0 aromatic carbocycles. The average molecular weight is 329 g/mol. The molecule has 0 radical (unpaired) electrons. The van der Waals surface area contributed by atoms with Crippen molar-refractivity contribution < 1.29 is 4.79 Å². The lowest BCUT2D eigenvalue weighted by atomic mass is 10.4. The normalized spacial score (nSPS) is 12.0. The molecule has 0 bridgehead atoms. The predicted octanol–water partition coefficient (Wildman–Crippen LogP) is 3.67. The van der Waals surface area contributed by atoms with Gasteiger partial charge in [-0.2, -0.15) is 0 Å². The molecule has 6 heteroatoms. The number of hydrogen-bond donors (Lipinski definition) is 0. The van der Waals surface area contributed by atoms with Gasteiger partial charge < -0.3 is 0 Å². The van der Waals surface area contributed by atoms with Crippen molar-refractivity contribution in [1.82, 2.24) is 9.55 Å². The van der Waals surface area contributed by atoms with Crippen molar-refractivity contribution in [3.8, 4) is 9.88 Å². The number of nitrogens with zero attached hydrogens (tertiary/aromatic N) is 3. The van der Waals surface area contributed by atoms with E-state index in [4.69, 9.17) is 0 Å². The highest BCUT2D eigenvalue weighted by atomic mass is 32.1. The third-order valence-corrected chi connectivity index (χ3v) is 4.78. The smallest absolute Gasteiger partial charge is 0.267 e. The number of hydrogen-bond acceptors (Lipinski definition) is 5. The second-order valence-corrected chi connectivity index (χ2v) is 6.78. The van der Waals surface area contributed by atoms with Crippen molar-refractivity contribution in [3.63, 3.8) is 0 Å². The molecule has 0 saturated carbocycles. The van der Waals surface area contributed by atoms with Gasteiger partial charge in [-0.3, -0.25) is 14.4 Å². The van der Waals surface area contributed by atoms with Crippen LogP contribution in [0.4, 0.5) is 0 Å². The minimum absolute atomic E-state index is 0.124. The van der Waals surface area contributed by atoms with E-state index < -0.39 is 0 Å². The summed E-state index contributed by atoms with van der Waals surface area (Å²) in [5.41, 5.74) is 1.10. The van der Waals surface area contributed by atoms with Crippen molar-refractivity contribution in [2.24, 2.45) is 4.99 Å². The van der Waals surface area contributed by atoms with Gasteiger partial charge in [0, 0.05) is 17.6 Å². The number of rotatable bonds is 3. The summed E-state index contributed by atoms with van der Waals surface area (Å²) in [5, 5.41) is 4.68. The standard InChI is InChI=1S/C16H15N3OS2/c1-11(2)17-14-7-3-4-8-19(14)16(20)12-10-22-15(18-12)13-6-5-9-21-13/h3-11H,1-2H3. The SMILES string of the molecule is CC(C)N=c1ccccn1C(=O)c1csc(-c2cccs2)n1. The second kappa shape index (κ2) is 6.37. The first-order valence-corrected chi connectivity index (χ1v) is 8.66. The molecular formula is C16H15N3OS2. The van der Waals surface area contributed by atoms with Crippen molar-refractivity contribution >= 4 is 28.6 Å². The summed E-state index contributed by atoms with van der Waals surface area (Å²) in [6, 6.07) is 9.65. The van der Waals surface area contributed by atoms with Crippen LogP contribution in [0.1, 0.15) is 24.3 Å². The molecule has 0 aliphatic carbocycles. The monoisotopic (exact) mass is 329 g/mol. The van der Waals surface area contributed by atoms with Gasteiger partial charge in [0.2, 0.25) is 0 Å². The Hall–Kier alpha value is -2.05. The zero-order valence-corrected chi connectivity index (χ0v) is 13.9. The van der Waals surface area contributed by atoms with E-state index in [1.54, 1.807) is 27.5 Å². The maximum Gasteiger partial charge on any atom is 0.283 e. The maximum absolute atomic E-state index is 12.7. The Morgan fingerprint density at radius 1 is 1.23 bits per heavy atom. The van der Waals surface area contributed by atoms with Crippen LogP contribution in [0.2, 0.25) is 0 Å². The van der Waals surface area contributed by atoms with E-state index in [9.17, 15) is 4.79 Å². The molecule has 0 amide bonds. The van der Waals surface area contributed by atoms with E-state index in [1.165, 1.54) is 11.3 Å². The molecule has 0 fully saturated rings. The zero-order chi connectivity index (χ0) is 15.5. The van der Waals surface area contributed by atoms with E-state index in [0.717, 1.165) is 9.88 Å². The Labute approximate surface area is 136 Å². The van der Waals surface area contributed by atoms with E-state index in [1.807, 2.05) is 49.6 Å². The van der Waals surface area contributed by atoms with Crippen LogP contribution in [-0.4, -0.2) is 21.5 Å². The Kier molecular flexibility index (Phi) is 4.31. The van der Waals surface area contributed by atoms with Gasteiger partial charge in [-0.25, -0.2) is 4.98 Å². The molecule has 0 unspecified atom stereocenters. The lowest BCUT2D eigenvalue weighted by Crippen LogP contribution is -2.28. The summed E-state index contributed by atoms with van der Waals surface area (Å²) < 4.78 is 1.55. The van der Waals surface area contributed by atoms with Crippen molar-refractivity contribution in [1.29, 1.82) is 0 Å². The highest BCUT2D eigenvalue weighted by molar-refractivity contribution is 7.20. The van der Waals surface area contributed by atoms with E-state index in [0.29, 0.717) is 11.2 Å². The van der Waals surface area contributed by atoms with E-state index >= 15 is 0 Å². The highest BCUT2D eigenvalue weighted by Crippen LogP contribution is 2.27. The summed E-state index contributed by atoms with van der Waals surface area (Å²) in [5.74, 6) is -0.154. The van der Waals surface area contributed by atoms with Crippen LogP contribution in [0.15, 0.2) is 52.3 Å². The minimum atomic E-state index is -0.154. The van der Waals surface area contributed by atoms with Gasteiger partial charge in [-0.1, -0.05) is 12.1 Å². The number of pyridine rings is 1. The molecule has 112 valence electrons. The molecule has 0 saturated heterocycles. The first kappa shape index (κ1) is 14.9. The molecule has 3 heterocycles. The lowest BCUT2D eigenvalue weighted by molar-refractivity contribution is 0.0950. The molecular weight excluding hydrogens is 314 g/mol. The Morgan fingerprint density at radius 2 is 2.09 bits per heavy atom. The van der Waals surface area contributed by atoms with E-state index in [-0.39, 0.29) is 11.9 Å². The Morgan fingerprint density at radius 3 is 2.82 bits per heavy atom. The third-order valence-electron chi connectivity index (χ3n) is 2.90. The van der Waals surface area contributed by atoms with Gasteiger partial charge >= 0.3 is 0 Å². The molecule has 3 aromatic rings. The quantitative estimate of drug-likeness (QED) is 0.736. The molecule has 22 heavy (non-hydrogen) atoms. The molecule has 0 aliphatic rings. The summed E-state index contributed by atoms with van der Waals surface area (Å²) in [6.07, 6.45) is 1.73. The van der Waals surface area contributed by atoms with Crippen LogP contribution in [0.3, 0.4) is 0 Å². The fraction of sp³-hybridized carbons (Fsp3) is 0.188. The first-order chi connectivity index (χ1) is 10.6. The summed E-state index contributed by atoms with van der Waals surface area (Å²) in [6.45, 7) is 3.97. The van der Waals surface area contributed by atoms with Gasteiger partial charge in [0.25, 0.3) is 5.91 Å². The van der Waals surface area contributed by atoms with Gasteiger partial charge in [0.15, 0.2) is 0 Å². The van der Waals surface area contributed by atoms with Crippen LogP contribution >= 0.6 is 22.7 Å². The maximum atomic E-state index is 12.7. The van der Waals surface area contributed by atoms with Crippen molar-refractivity contribution in [2.45, 2.75) is 19.9 Å². The second-order valence-electron chi connectivity index (χ2n) is 4.97. The summed E-state index contributed by atoms with van der Waals surface area (Å²) >= 11 is 3.10. The summed E-state index contributed by atoms with van der Waals surface area (Å²) in [4.78, 5) is 22.7. The van der Waals surface area contributed by atoms with Crippen LogP contribution in [0.5, 0.6) is 0 Å². The molecule has 0 N–H and O–H groups in total. The molecule has 3 rings (SSSR count). The number of aromatic nitrogens is 2. The topological polar surface area (TPSA) is 47.2 Å². The number of thiazole rings is 1. The fourth-order valence-corrected chi connectivity index (χ4v) is 3.59. The zero-order valence-electron chi connectivity index (χ0n) is 12.3. The van der Waals surface area contributed by atoms with Crippen molar-refractivity contribution in [3.05, 3.63) is 58.5 Å². The number of carbonyl (C=O) groups is 1. The molecule has 4 nitrogen and oxygen atoms in total. The fourth-order valence-electron chi connectivity index (χ4n) is 1.98. The molecule has 3 aromatic heterocycles. The van der Waals surface area contributed by atoms with Crippen molar-refractivity contribution in [2.75, 3.05) is 0 Å². The number of thiophene rings is 1. The van der Waals surface area contributed by atoms with Crippen LogP contribution < -0.4 is 5.49 Å². The Balaban J connectivity index is 1.99. The average Bonchev–Trinajstić information content (AvgIpc) is 3.17. The highest BCUT2D eigenvalue weighted by Gasteiger charge is 2.14. The van der Waals surface area contributed by atoms with Gasteiger partial charge in [0.1, 0.15) is 16.2 Å². The molecule has 0 atom stereocenters. The largest absolute Gasteiger partial charge is 0.283 e. The van der Waals surface area contributed by atoms with E-state index in [2.05, 4.69) is 9.98 Å². The first-order valence-electron chi connectivity index (χ1n) is 6.91. The minimum Gasteiger partial charge on any atom is -0.267 e. The molecule has 0 spiro atoms. The predicted molar refractivity (Wildman–Crippen MR) is 90.3 cm³/mol. The molecule has 0 aliphatic heterocycles. The van der Waals surface area contributed by atoms with Gasteiger partial charge in [0.05, 0.1) is 4.88 Å². The van der Waals surface area contributed by atoms with Crippen LogP contribution in [-0.2, 0) is 0 Å². The van der Waals surface area contributed by atoms with Crippen LogP contribution in [0.25, 0.3) is 9.88 Å². The number of carbonyl (C=O) groups excluding carboxylic acids is 1.